The smallest absolute Gasteiger partial charge is 0.228 e. The summed E-state index contributed by atoms with van der Waals surface area (Å²) in [6.45, 7) is 4.43. The van der Waals surface area contributed by atoms with Crippen molar-refractivity contribution in [3.05, 3.63) is 22.3 Å². The van der Waals surface area contributed by atoms with Gasteiger partial charge in [-0.1, -0.05) is 6.92 Å². The van der Waals surface area contributed by atoms with Crippen molar-refractivity contribution >= 4 is 27.7 Å². The highest BCUT2D eigenvalue weighted by molar-refractivity contribution is 9.10. The van der Waals surface area contributed by atoms with Crippen LogP contribution in [-0.4, -0.2) is 17.4 Å². The Morgan fingerprint density at radius 3 is 2.94 bits per heavy atom. The van der Waals surface area contributed by atoms with E-state index < -0.39 is 0 Å². The number of amides is 1. The average molecular weight is 300 g/mol. The first-order valence-electron chi connectivity index (χ1n) is 5.67. The van der Waals surface area contributed by atoms with Gasteiger partial charge < -0.3 is 11.1 Å². The molecule has 0 aromatic carbocycles. The second kappa shape index (κ2) is 6.71. The Hall–Kier alpha value is -0.940. The van der Waals surface area contributed by atoms with E-state index in [0.717, 1.165) is 22.9 Å². The van der Waals surface area contributed by atoms with Crippen LogP contribution in [0.3, 0.4) is 0 Å². The standard InChI is InChI=1S/C12H18BrN3O/c1-8(4-3-5-14)12(17)16-11-9(2)6-10(13)7-15-11/h6-8H,3-5,14H2,1-2H3,(H,15,16,17). The highest BCUT2D eigenvalue weighted by Gasteiger charge is 2.13. The molecular formula is C12H18BrN3O. The third-order valence-electron chi connectivity index (χ3n) is 2.58. The Bertz CT molecular complexity index is 395. The van der Waals surface area contributed by atoms with Gasteiger partial charge in [0.1, 0.15) is 5.82 Å². The largest absolute Gasteiger partial charge is 0.330 e. The Morgan fingerprint density at radius 2 is 2.35 bits per heavy atom. The van der Waals surface area contributed by atoms with Crippen LogP contribution >= 0.6 is 15.9 Å². The van der Waals surface area contributed by atoms with Gasteiger partial charge in [0, 0.05) is 16.6 Å². The number of hydrogen-bond acceptors (Lipinski definition) is 3. The number of pyridine rings is 1. The Kier molecular flexibility index (Phi) is 5.58. The topological polar surface area (TPSA) is 68.0 Å². The minimum atomic E-state index is -0.0385. The summed E-state index contributed by atoms with van der Waals surface area (Å²) in [5.41, 5.74) is 6.36. The number of rotatable bonds is 5. The monoisotopic (exact) mass is 299 g/mol. The lowest BCUT2D eigenvalue weighted by molar-refractivity contribution is -0.119. The highest BCUT2D eigenvalue weighted by Crippen LogP contribution is 2.18. The predicted molar refractivity (Wildman–Crippen MR) is 72.8 cm³/mol. The Balaban J connectivity index is 2.61. The number of carbonyl (C=O) groups excluding carboxylic acids is 1. The van der Waals surface area contributed by atoms with Gasteiger partial charge in [-0.05, 0) is 53.9 Å². The fourth-order valence-corrected chi connectivity index (χ4v) is 1.91. The third kappa shape index (κ3) is 4.44. The van der Waals surface area contributed by atoms with Crippen molar-refractivity contribution in [2.45, 2.75) is 26.7 Å². The van der Waals surface area contributed by atoms with Crippen LogP contribution in [0.5, 0.6) is 0 Å². The van der Waals surface area contributed by atoms with E-state index >= 15 is 0 Å². The van der Waals surface area contributed by atoms with Crippen LogP contribution in [0.15, 0.2) is 16.7 Å². The Labute approximate surface area is 110 Å². The molecule has 1 aromatic rings. The number of nitrogens with zero attached hydrogens (tertiary/aromatic N) is 1. The molecule has 94 valence electrons. The molecule has 0 aliphatic rings. The van der Waals surface area contributed by atoms with Crippen LogP contribution in [0.1, 0.15) is 25.3 Å². The van der Waals surface area contributed by atoms with Crippen molar-refractivity contribution < 1.29 is 4.79 Å². The van der Waals surface area contributed by atoms with E-state index in [4.69, 9.17) is 5.73 Å². The molecule has 1 heterocycles. The van der Waals surface area contributed by atoms with E-state index in [0.29, 0.717) is 12.4 Å². The number of anilines is 1. The number of carbonyl (C=O) groups is 1. The molecule has 0 saturated heterocycles. The fourth-order valence-electron chi connectivity index (χ4n) is 1.47. The van der Waals surface area contributed by atoms with E-state index in [2.05, 4.69) is 26.2 Å². The summed E-state index contributed by atoms with van der Waals surface area (Å²) in [5, 5.41) is 2.83. The zero-order chi connectivity index (χ0) is 12.8. The molecule has 1 aromatic heterocycles. The van der Waals surface area contributed by atoms with Gasteiger partial charge in [-0.2, -0.15) is 0 Å². The van der Waals surface area contributed by atoms with Crippen molar-refractivity contribution in [2.24, 2.45) is 11.7 Å². The molecule has 0 aliphatic carbocycles. The van der Waals surface area contributed by atoms with Gasteiger partial charge >= 0.3 is 0 Å². The van der Waals surface area contributed by atoms with Crippen LogP contribution in [0.4, 0.5) is 5.82 Å². The quantitative estimate of drug-likeness (QED) is 0.877. The molecule has 1 amide bonds. The lowest BCUT2D eigenvalue weighted by atomic mass is 10.0. The van der Waals surface area contributed by atoms with Gasteiger partial charge in [-0.15, -0.1) is 0 Å². The summed E-state index contributed by atoms with van der Waals surface area (Å²) in [5.74, 6) is 0.581. The molecular weight excluding hydrogens is 282 g/mol. The maximum absolute atomic E-state index is 11.9. The van der Waals surface area contributed by atoms with Crippen LogP contribution < -0.4 is 11.1 Å². The first-order chi connectivity index (χ1) is 8.04. The van der Waals surface area contributed by atoms with E-state index in [1.807, 2.05) is 19.9 Å². The van der Waals surface area contributed by atoms with E-state index in [1.54, 1.807) is 6.20 Å². The summed E-state index contributed by atoms with van der Waals surface area (Å²) >= 11 is 3.34. The van der Waals surface area contributed by atoms with Crippen molar-refractivity contribution in [2.75, 3.05) is 11.9 Å². The Morgan fingerprint density at radius 1 is 1.65 bits per heavy atom. The number of aryl methyl sites for hydroxylation is 1. The number of nitrogens with two attached hydrogens (primary N) is 1. The zero-order valence-electron chi connectivity index (χ0n) is 10.2. The van der Waals surface area contributed by atoms with Gasteiger partial charge in [0.05, 0.1) is 0 Å². The summed E-state index contributed by atoms with van der Waals surface area (Å²) in [6, 6.07) is 1.92. The maximum atomic E-state index is 11.9. The number of nitrogens with one attached hydrogen (secondary N) is 1. The normalized spacial score (nSPS) is 12.2. The second-order valence-corrected chi connectivity index (χ2v) is 5.06. The predicted octanol–water partition coefficient (Wildman–Crippen LogP) is 2.47. The first kappa shape index (κ1) is 14.1. The molecule has 4 nitrogen and oxygen atoms in total. The summed E-state index contributed by atoms with van der Waals surface area (Å²) in [4.78, 5) is 16.0. The molecule has 5 heteroatoms. The summed E-state index contributed by atoms with van der Waals surface area (Å²) in [6.07, 6.45) is 3.34. The number of aromatic nitrogens is 1. The maximum Gasteiger partial charge on any atom is 0.228 e. The fraction of sp³-hybridized carbons (Fsp3) is 0.500. The van der Waals surface area contributed by atoms with Crippen LogP contribution in [-0.2, 0) is 4.79 Å². The van der Waals surface area contributed by atoms with Gasteiger partial charge in [0.25, 0.3) is 0 Å². The van der Waals surface area contributed by atoms with E-state index in [9.17, 15) is 4.79 Å². The van der Waals surface area contributed by atoms with Crippen molar-refractivity contribution in [1.29, 1.82) is 0 Å². The molecule has 0 saturated carbocycles. The molecule has 0 aliphatic heterocycles. The molecule has 0 fully saturated rings. The number of hydrogen-bond donors (Lipinski definition) is 2. The van der Waals surface area contributed by atoms with Crippen molar-refractivity contribution in [3.8, 4) is 0 Å². The van der Waals surface area contributed by atoms with Gasteiger partial charge in [0.2, 0.25) is 5.91 Å². The van der Waals surface area contributed by atoms with Gasteiger partial charge in [-0.25, -0.2) is 4.98 Å². The lowest BCUT2D eigenvalue weighted by Gasteiger charge is -2.12. The number of halogens is 1. The van der Waals surface area contributed by atoms with Crippen LogP contribution in [0.25, 0.3) is 0 Å². The molecule has 0 radical (unpaired) electrons. The molecule has 0 bridgehead atoms. The van der Waals surface area contributed by atoms with E-state index in [1.165, 1.54) is 0 Å². The summed E-state index contributed by atoms with van der Waals surface area (Å²) < 4.78 is 0.907. The highest BCUT2D eigenvalue weighted by atomic mass is 79.9. The average Bonchev–Trinajstić information content (AvgIpc) is 2.29. The zero-order valence-corrected chi connectivity index (χ0v) is 11.8. The molecule has 1 unspecified atom stereocenters. The van der Waals surface area contributed by atoms with Gasteiger partial charge in [0.15, 0.2) is 0 Å². The SMILES string of the molecule is Cc1cc(Br)cnc1NC(=O)C(C)CCCN. The summed E-state index contributed by atoms with van der Waals surface area (Å²) in [7, 11) is 0. The first-order valence-corrected chi connectivity index (χ1v) is 6.47. The molecule has 1 atom stereocenters. The lowest BCUT2D eigenvalue weighted by Crippen LogP contribution is -2.22. The minimum Gasteiger partial charge on any atom is -0.330 e. The van der Waals surface area contributed by atoms with Gasteiger partial charge in [-0.3, -0.25) is 4.79 Å². The van der Waals surface area contributed by atoms with Crippen molar-refractivity contribution in [1.82, 2.24) is 4.98 Å². The molecule has 1 rings (SSSR count). The minimum absolute atomic E-state index is 0.00336. The molecule has 17 heavy (non-hydrogen) atoms. The van der Waals surface area contributed by atoms with Crippen LogP contribution in [0, 0.1) is 12.8 Å². The molecule has 0 spiro atoms. The molecule has 3 N–H and O–H groups in total. The van der Waals surface area contributed by atoms with Crippen LogP contribution in [0.2, 0.25) is 0 Å². The van der Waals surface area contributed by atoms with E-state index in [-0.39, 0.29) is 11.8 Å². The van der Waals surface area contributed by atoms with Crippen molar-refractivity contribution in [3.63, 3.8) is 0 Å². The third-order valence-corrected chi connectivity index (χ3v) is 3.01. The second-order valence-electron chi connectivity index (χ2n) is 4.14.